The minimum atomic E-state index is 0.00641. The molecule has 2 heterocycles. The molecule has 0 atom stereocenters. The van der Waals surface area contributed by atoms with Crippen LogP contribution in [0.25, 0.3) is 0 Å². The van der Waals surface area contributed by atoms with Crippen LogP contribution in [0.15, 0.2) is 35.1 Å². The number of rotatable bonds is 6. The maximum atomic E-state index is 11.9. The Morgan fingerprint density at radius 3 is 2.96 bits per heavy atom. The van der Waals surface area contributed by atoms with E-state index in [1.54, 1.807) is 10.7 Å². The average Bonchev–Trinajstić information content (AvgIpc) is 3.25. The minimum Gasteiger partial charge on any atom is -0.493 e. The quantitative estimate of drug-likeness (QED) is 0.817. The Hall–Kier alpha value is -2.14. The van der Waals surface area contributed by atoms with Crippen LogP contribution in [-0.4, -0.2) is 28.3 Å². The Kier molecular flexibility index (Phi) is 4.10. The molecule has 1 saturated carbocycles. The maximum Gasteiger partial charge on any atom is 0.266 e. The first-order valence-electron chi connectivity index (χ1n) is 8.67. The highest BCUT2D eigenvalue weighted by Crippen LogP contribution is 2.29. The predicted octanol–water partition coefficient (Wildman–Crippen LogP) is 2.22. The lowest BCUT2D eigenvalue weighted by molar-refractivity contribution is 0.310. The SMILES string of the molecule is CN(Cc1ccc2c(c1)CCO2)Cc1ccc(=O)n(CC2CC2)n1. The Balaban J connectivity index is 1.42. The van der Waals surface area contributed by atoms with Gasteiger partial charge >= 0.3 is 0 Å². The van der Waals surface area contributed by atoms with Crippen molar-refractivity contribution >= 4 is 0 Å². The third-order valence-electron chi connectivity index (χ3n) is 4.69. The minimum absolute atomic E-state index is 0.00641. The van der Waals surface area contributed by atoms with Crippen LogP contribution >= 0.6 is 0 Å². The summed E-state index contributed by atoms with van der Waals surface area (Å²) in [6.45, 7) is 3.15. The number of aromatic nitrogens is 2. The molecular formula is C19H23N3O2. The van der Waals surface area contributed by atoms with E-state index in [4.69, 9.17) is 4.74 Å². The second-order valence-corrected chi connectivity index (χ2v) is 7.00. The van der Waals surface area contributed by atoms with Gasteiger partial charge in [0, 0.05) is 32.1 Å². The molecule has 1 aliphatic heterocycles. The molecule has 0 amide bonds. The van der Waals surface area contributed by atoms with Gasteiger partial charge in [0.1, 0.15) is 5.75 Å². The lowest BCUT2D eigenvalue weighted by Gasteiger charge is -2.17. The van der Waals surface area contributed by atoms with E-state index in [9.17, 15) is 4.79 Å². The van der Waals surface area contributed by atoms with E-state index in [1.807, 2.05) is 6.07 Å². The van der Waals surface area contributed by atoms with Gasteiger partial charge in [0.05, 0.1) is 12.3 Å². The van der Waals surface area contributed by atoms with Gasteiger partial charge in [-0.05, 0) is 49.1 Å². The molecule has 2 aromatic rings. The van der Waals surface area contributed by atoms with Crippen LogP contribution in [0.1, 0.15) is 29.7 Å². The van der Waals surface area contributed by atoms with E-state index in [0.29, 0.717) is 5.92 Å². The van der Waals surface area contributed by atoms with Crippen LogP contribution in [0.2, 0.25) is 0 Å². The number of hydrogen-bond donors (Lipinski definition) is 0. The van der Waals surface area contributed by atoms with Crippen LogP contribution in [0.3, 0.4) is 0 Å². The highest BCUT2D eigenvalue weighted by atomic mass is 16.5. The van der Waals surface area contributed by atoms with Crippen molar-refractivity contribution in [3.63, 3.8) is 0 Å². The fourth-order valence-electron chi connectivity index (χ4n) is 3.23. The number of fused-ring (bicyclic) bond motifs is 1. The predicted molar refractivity (Wildman–Crippen MR) is 92.0 cm³/mol. The summed E-state index contributed by atoms with van der Waals surface area (Å²) in [4.78, 5) is 14.1. The smallest absolute Gasteiger partial charge is 0.266 e. The molecule has 0 bridgehead atoms. The Morgan fingerprint density at radius 2 is 2.12 bits per heavy atom. The molecule has 4 rings (SSSR count). The van der Waals surface area contributed by atoms with Crippen LogP contribution < -0.4 is 10.3 Å². The summed E-state index contributed by atoms with van der Waals surface area (Å²) in [7, 11) is 2.09. The van der Waals surface area contributed by atoms with Crippen molar-refractivity contribution in [1.29, 1.82) is 0 Å². The molecule has 1 aromatic carbocycles. The van der Waals surface area contributed by atoms with Crippen LogP contribution in [0, 0.1) is 5.92 Å². The molecule has 126 valence electrons. The van der Waals surface area contributed by atoms with Gasteiger partial charge < -0.3 is 4.74 Å². The fourth-order valence-corrected chi connectivity index (χ4v) is 3.23. The van der Waals surface area contributed by atoms with Gasteiger partial charge in [0.2, 0.25) is 0 Å². The van der Waals surface area contributed by atoms with E-state index >= 15 is 0 Å². The molecule has 1 aliphatic carbocycles. The van der Waals surface area contributed by atoms with E-state index in [0.717, 1.165) is 44.1 Å². The van der Waals surface area contributed by atoms with Crippen molar-refractivity contribution in [2.45, 2.75) is 38.9 Å². The number of ether oxygens (including phenoxy) is 1. The summed E-state index contributed by atoms with van der Waals surface area (Å²) in [5, 5.41) is 4.53. The van der Waals surface area contributed by atoms with Gasteiger partial charge in [0.25, 0.3) is 5.56 Å². The zero-order chi connectivity index (χ0) is 16.5. The largest absolute Gasteiger partial charge is 0.493 e. The molecule has 0 saturated heterocycles. The molecule has 0 N–H and O–H groups in total. The summed E-state index contributed by atoms with van der Waals surface area (Å²) in [6, 6.07) is 9.92. The lowest BCUT2D eigenvalue weighted by atomic mass is 10.1. The molecule has 5 heteroatoms. The summed E-state index contributed by atoms with van der Waals surface area (Å²) < 4.78 is 7.19. The second-order valence-electron chi connectivity index (χ2n) is 7.00. The first-order chi connectivity index (χ1) is 11.7. The van der Waals surface area contributed by atoms with Gasteiger partial charge in [-0.25, -0.2) is 4.68 Å². The summed E-state index contributed by atoms with van der Waals surface area (Å²) in [5.74, 6) is 1.67. The number of hydrogen-bond acceptors (Lipinski definition) is 4. The zero-order valence-corrected chi connectivity index (χ0v) is 14.1. The number of nitrogens with zero attached hydrogens (tertiary/aromatic N) is 3. The molecule has 24 heavy (non-hydrogen) atoms. The van der Waals surface area contributed by atoms with Crippen LogP contribution in [0.4, 0.5) is 0 Å². The maximum absolute atomic E-state index is 11.9. The van der Waals surface area contributed by atoms with E-state index < -0.39 is 0 Å². The van der Waals surface area contributed by atoms with E-state index in [1.165, 1.54) is 24.0 Å². The van der Waals surface area contributed by atoms with Crippen molar-refractivity contribution in [3.8, 4) is 5.75 Å². The van der Waals surface area contributed by atoms with E-state index in [-0.39, 0.29) is 5.56 Å². The van der Waals surface area contributed by atoms with Crippen LogP contribution in [-0.2, 0) is 26.1 Å². The first-order valence-corrected chi connectivity index (χ1v) is 8.67. The summed E-state index contributed by atoms with van der Waals surface area (Å²) >= 11 is 0. The summed E-state index contributed by atoms with van der Waals surface area (Å²) in [5.41, 5.74) is 3.54. The summed E-state index contributed by atoms with van der Waals surface area (Å²) in [6.07, 6.45) is 3.45. The molecular weight excluding hydrogens is 302 g/mol. The Labute approximate surface area is 141 Å². The Morgan fingerprint density at radius 1 is 1.25 bits per heavy atom. The zero-order valence-electron chi connectivity index (χ0n) is 14.1. The molecule has 1 aromatic heterocycles. The van der Waals surface area contributed by atoms with Gasteiger partial charge in [-0.3, -0.25) is 9.69 Å². The van der Waals surface area contributed by atoms with Gasteiger partial charge in [-0.15, -0.1) is 0 Å². The van der Waals surface area contributed by atoms with Gasteiger partial charge in [-0.2, -0.15) is 5.10 Å². The third kappa shape index (κ3) is 3.51. The normalized spacial score (nSPS) is 16.2. The standard InChI is InChI=1S/C19H23N3O2/c1-21(11-15-4-6-18-16(10-15)8-9-24-18)13-17-5-7-19(23)22(20-17)12-14-2-3-14/h4-7,10,14H,2-3,8-9,11-13H2,1H3. The van der Waals surface area contributed by atoms with Gasteiger partial charge in [0.15, 0.2) is 0 Å². The van der Waals surface area contributed by atoms with Crippen molar-refractivity contribution in [2.75, 3.05) is 13.7 Å². The number of benzene rings is 1. The highest BCUT2D eigenvalue weighted by molar-refractivity contribution is 5.39. The molecule has 1 fully saturated rings. The molecule has 2 aliphatic rings. The highest BCUT2D eigenvalue weighted by Gasteiger charge is 2.22. The molecule has 0 unspecified atom stereocenters. The van der Waals surface area contributed by atoms with Crippen molar-refractivity contribution in [2.24, 2.45) is 5.92 Å². The first kappa shape index (κ1) is 15.4. The van der Waals surface area contributed by atoms with Gasteiger partial charge in [-0.1, -0.05) is 12.1 Å². The third-order valence-corrected chi connectivity index (χ3v) is 4.69. The topological polar surface area (TPSA) is 47.4 Å². The second kappa shape index (κ2) is 6.40. The monoisotopic (exact) mass is 325 g/mol. The lowest BCUT2D eigenvalue weighted by Crippen LogP contribution is -2.26. The van der Waals surface area contributed by atoms with Crippen molar-refractivity contribution < 1.29 is 4.74 Å². The molecule has 0 radical (unpaired) electrons. The van der Waals surface area contributed by atoms with Crippen molar-refractivity contribution in [1.82, 2.24) is 14.7 Å². The Bertz CT molecular complexity index is 795. The fraction of sp³-hybridized carbons (Fsp3) is 0.474. The molecule has 5 nitrogen and oxygen atoms in total. The molecule has 0 spiro atoms. The average molecular weight is 325 g/mol. The van der Waals surface area contributed by atoms with E-state index in [2.05, 4.69) is 35.2 Å². The van der Waals surface area contributed by atoms with Crippen molar-refractivity contribution in [3.05, 3.63) is 57.5 Å². The van der Waals surface area contributed by atoms with Crippen LogP contribution in [0.5, 0.6) is 5.75 Å².